The first kappa shape index (κ1) is 22.4. The highest BCUT2D eigenvalue weighted by Crippen LogP contribution is 2.33. The van der Waals surface area contributed by atoms with Gasteiger partial charge in [-0.3, -0.25) is 14.9 Å². The van der Waals surface area contributed by atoms with E-state index in [4.69, 9.17) is 4.74 Å². The lowest BCUT2D eigenvalue weighted by molar-refractivity contribution is -0.385. The molecule has 1 amide bonds. The van der Waals surface area contributed by atoms with Gasteiger partial charge in [-0.2, -0.15) is 5.10 Å². The standard InChI is InChI=1S/C20H22BrN3O5/c1-12-5-6-17(15(7-12)20(2,3)4)29-11-18(25)23-22-10-13-8-14(21)9-16(19(13)26)24(27)28/h5-10,26H,11H2,1-4H3,(H,23,25)/b22-10+. The molecule has 0 atom stereocenters. The molecule has 2 aromatic carbocycles. The largest absolute Gasteiger partial charge is 0.502 e. The molecule has 154 valence electrons. The van der Waals surface area contributed by atoms with E-state index in [2.05, 4.69) is 47.2 Å². The van der Waals surface area contributed by atoms with Crippen LogP contribution in [0.1, 0.15) is 37.5 Å². The van der Waals surface area contributed by atoms with Crippen molar-refractivity contribution in [2.24, 2.45) is 5.10 Å². The van der Waals surface area contributed by atoms with Gasteiger partial charge in [0.25, 0.3) is 5.91 Å². The number of hydrazone groups is 1. The Labute approximate surface area is 176 Å². The van der Waals surface area contributed by atoms with Crippen LogP contribution in [-0.4, -0.2) is 28.8 Å². The van der Waals surface area contributed by atoms with Crippen LogP contribution in [-0.2, 0) is 10.2 Å². The molecule has 2 N–H and O–H groups in total. The second kappa shape index (κ2) is 9.04. The minimum atomic E-state index is -0.710. The third-order valence-electron chi connectivity index (χ3n) is 3.98. The van der Waals surface area contributed by atoms with Crippen molar-refractivity contribution < 1.29 is 19.6 Å². The number of rotatable bonds is 6. The number of hydrogen-bond acceptors (Lipinski definition) is 6. The van der Waals surface area contributed by atoms with Crippen molar-refractivity contribution in [3.8, 4) is 11.5 Å². The number of aromatic hydroxyl groups is 1. The van der Waals surface area contributed by atoms with E-state index in [1.807, 2.05) is 25.1 Å². The molecule has 0 spiro atoms. The van der Waals surface area contributed by atoms with Crippen LogP contribution >= 0.6 is 15.9 Å². The summed E-state index contributed by atoms with van der Waals surface area (Å²) in [6.45, 7) is 7.91. The summed E-state index contributed by atoms with van der Waals surface area (Å²) >= 11 is 3.13. The highest BCUT2D eigenvalue weighted by molar-refractivity contribution is 9.10. The van der Waals surface area contributed by atoms with Crippen LogP contribution in [0, 0.1) is 17.0 Å². The lowest BCUT2D eigenvalue weighted by atomic mass is 9.85. The zero-order valence-corrected chi connectivity index (χ0v) is 18.1. The maximum Gasteiger partial charge on any atom is 0.312 e. The maximum atomic E-state index is 12.0. The van der Waals surface area contributed by atoms with E-state index in [-0.39, 0.29) is 17.6 Å². The number of nitrogens with zero attached hydrogens (tertiary/aromatic N) is 2. The second-order valence-corrected chi connectivity index (χ2v) is 8.37. The number of carbonyl (C=O) groups excluding carboxylic acids is 1. The lowest BCUT2D eigenvalue weighted by Crippen LogP contribution is -2.25. The number of halogens is 1. The minimum Gasteiger partial charge on any atom is -0.502 e. The van der Waals surface area contributed by atoms with Crippen LogP contribution in [0.5, 0.6) is 11.5 Å². The number of nitro groups is 1. The Balaban J connectivity index is 2.04. The summed E-state index contributed by atoms with van der Waals surface area (Å²) < 4.78 is 6.04. The minimum absolute atomic E-state index is 0.0841. The van der Waals surface area contributed by atoms with Gasteiger partial charge in [-0.05, 0) is 30.0 Å². The molecule has 0 fully saturated rings. The average Bonchev–Trinajstić information content (AvgIpc) is 2.62. The third kappa shape index (κ3) is 6.02. The SMILES string of the molecule is Cc1ccc(OCC(=O)N/N=C/c2cc(Br)cc([N+](=O)[O-])c2O)c(C(C)(C)C)c1. The maximum absolute atomic E-state index is 12.0. The van der Waals surface area contributed by atoms with Crippen LogP contribution in [0.15, 0.2) is 39.9 Å². The zero-order valence-electron chi connectivity index (χ0n) is 16.5. The Hall–Kier alpha value is -2.94. The Morgan fingerprint density at radius 1 is 1.34 bits per heavy atom. The lowest BCUT2D eigenvalue weighted by Gasteiger charge is -2.23. The first-order valence-corrected chi connectivity index (χ1v) is 9.51. The molecule has 2 rings (SSSR count). The third-order valence-corrected chi connectivity index (χ3v) is 4.43. The fraction of sp³-hybridized carbons (Fsp3) is 0.300. The summed E-state index contributed by atoms with van der Waals surface area (Å²) in [4.78, 5) is 22.3. The molecular weight excluding hydrogens is 442 g/mol. The van der Waals surface area contributed by atoms with Gasteiger partial charge in [0.15, 0.2) is 6.61 Å². The molecule has 0 saturated heterocycles. The summed E-state index contributed by atoms with van der Waals surface area (Å²) in [6.07, 6.45) is 1.12. The molecule has 0 bridgehead atoms. The molecule has 0 aliphatic heterocycles. The van der Waals surface area contributed by atoms with E-state index in [9.17, 15) is 20.0 Å². The number of phenolic OH excluding ortho intramolecular Hbond substituents is 1. The number of carbonyl (C=O) groups is 1. The average molecular weight is 464 g/mol. The fourth-order valence-electron chi connectivity index (χ4n) is 2.55. The second-order valence-electron chi connectivity index (χ2n) is 7.45. The molecule has 0 saturated carbocycles. The molecule has 0 aliphatic rings. The van der Waals surface area contributed by atoms with Gasteiger partial charge in [-0.25, -0.2) is 5.43 Å². The number of amides is 1. The molecular formula is C20H22BrN3O5. The van der Waals surface area contributed by atoms with Crippen LogP contribution < -0.4 is 10.2 Å². The first-order valence-electron chi connectivity index (χ1n) is 8.72. The Morgan fingerprint density at radius 2 is 2.03 bits per heavy atom. The van der Waals surface area contributed by atoms with Gasteiger partial charge in [0.1, 0.15) is 5.75 Å². The Morgan fingerprint density at radius 3 is 2.66 bits per heavy atom. The number of nitrogens with one attached hydrogen (secondary N) is 1. The topological polar surface area (TPSA) is 114 Å². The van der Waals surface area contributed by atoms with Crippen LogP contribution in [0.25, 0.3) is 0 Å². The Kier molecular flexibility index (Phi) is 6.97. The van der Waals surface area contributed by atoms with Crippen molar-refractivity contribution in [2.45, 2.75) is 33.1 Å². The number of phenols is 1. The predicted molar refractivity (Wildman–Crippen MR) is 114 cm³/mol. The van der Waals surface area contributed by atoms with Crippen molar-refractivity contribution in [1.82, 2.24) is 5.43 Å². The fourth-order valence-corrected chi connectivity index (χ4v) is 3.01. The Bertz CT molecular complexity index is 967. The predicted octanol–water partition coefficient (Wildman–Crippen LogP) is 4.20. The van der Waals surface area contributed by atoms with Crippen LogP contribution in [0.4, 0.5) is 5.69 Å². The van der Waals surface area contributed by atoms with Crippen molar-refractivity contribution in [2.75, 3.05) is 6.61 Å². The highest BCUT2D eigenvalue weighted by atomic mass is 79.9. The van der Waals surface area contributed by atoms with Crippen molar-refractivity contribution in [1.29, 1.82) is 0 Å². The van der Waals surface area contributed by atoms with Crippen molar-refractivity contribution in [3.63, 3.8) is 0 Å². The highest BCUT2D eigenvalue weighted by Gasteiger charge is 2.20. The van der Waals surface area contributed by atoms with Gasteiger partial charge in [-0.15, -0.1) is 0 Å². The molecule has 0 radical (unpaired) electrons. The monoisotopic (exact) mass is 463 g/mol. The van der Waals surface area contributed by atoms with E-state index in [1.54, 1.807) is 0 Å². The van der Waals surface area contributed by atoms with Crippen molar-refractivity contribution >= 4 is 33.7 Å². The summed E-state index contributed by atoms with van der Waals surface area (Å²) in [6, 6.07) is 8.37. The van der Waals surface area contributed by atoms with Gasteiger partial charge in [-0.1, -0.05) is 54.4 Å². The number of aryl methyl sites for hydroxylation is 1. The molecule has 0 aromatic heterocycles. The molecule has 29 heavy (non-hydrogen) atoms. The molecule has 8 nitrogen and oxygen atoms in total. The summed E-state index contributed by atoms with van der Waals surface area (Å²) in [5.41, 5.74) is 3.82. The summed E-state index contributed by atoms with van der Waals surface area (Å²) in [7, 11) is 0. The number of benzene rings is 2. The normalized spacial score (nSPS) is 11.5. The van der Waals surface area contributed by atoms with Crippen LogP contribution in [0.2, 0.25) is 0 Å². The van der Waals surface area contributed by atoms with E-state index in [0.29, 0.717) is 10.2 Å². The molecule has 9 heteroatoms. The van der Waals surface area contributed by atoms with Gasteiger partial charge in [0, 0.05) is 16.1 Å². The van der Waals surface area contributed by atoms with E-state index in [0.717, 1.165) is 17.3 Å². The number of hydrogen-bond donors (Lipinski definition) is 2. The van der Waals surface area contributed by atoms with E-state index in [1.165, 1.54) is 12.1 Å². The van der Waals surface area contributed by atoms with Gasteiger partial charge >= 0.3 is 5.69 Å². The summed E-state index contributed by atoms with van der Waals surface area (Å²) in [5.74, 6) is -0.435. The van der Waals surface area contributed by atoms with Crippen LogP contribution in [0.3, 0.4) is 0 Å². The van der Waals surface area contributed by atoms with E-state index < -0.39 is 22.3 Å². The number of ether oxygens (including phenoxy) is 1. The first-order chi connectivity index (χ1) is 13.5. The zero-order chi connectivity index (χ0) is 21.8. The summed E-state index contributed by atoms with van der Waals surface area (Å²) in [5, 5.41) is 24.6. The van der Waals surface area contributed by atoms with Gasteiger partial charge < -0.3 is 9.84 Å². The molecule has 0 unspecified atom stereocenters. The quantitative estimate of drug-likeness (QED) is 0.378. The smallest absolute Gasteiger partial charge is 0.312 e. The van der Waals surface area contributed by atoms with Gasteiger partial charge in [0.05, 0.1) is 11.1 Å². The molecule has 2 aromatic rings. The number of nitro benzene ring substituents is 1. The van der Waals surface area contributed by atoms with Crippen molar-refractivity contribution in [3.05, 3.63) is 61.6 Å². The molecule has 0 aliphatic carbocycles. The van der Waals surface area contributed by atoms with E-state index >= 15 is 0 Å². The van der Waals surface area contributed by atoms with Gasteiger partial charge in [0.2, 0.25) is 5.75 Å². The molecule has 0 heterocycles.